The van der Waals surface area contributed by atoms with E-state index in [1.807, 2.05) is 0 Å². The fraction of sp³-hybridized carbons (Fsp3) is 0.545. The first-order valence-corrected chi connectivity index (χ1v) is 6.26. The fourth-order valence-corrected chi connectivity index (χ4v) is 2.85. The van der Waals surface area contributed by atoms with Crippen LogP contribution in [0.25, 0.3) is 0 Å². The summed E-state index contributed by atoms with van der Waals surface area (Å²) in [5, 5.41) is 13.9. The first-order chi connectivity index (χ1) is 7.66. The predicted octanol–water partition coefficient (Wildman–Crippen LogP) is 0.892. The molecule has 0 aromatic carbocycles. The van der Waals surface area contributed by atoms with Crippen LogP contribution in [0.15, 0.2) is 11.4 Å². The van der Waals surface area contributed by atoms with Gasteiger partial charge in [0.05, 0.1) is 5.56 Å². The molecule has 0 spiro atoms. The first-order valence-electron chi connectivity index (χ1n) is 5.38. The second kappa shape index (κ2) is 4.95. The Morgan fingerprint density at radius 1 is 1.75 bits per heavy atom. The van der Waals surface area contributed by atoms with E-state index in [4.69, 9.17) is 5.11 Å². The lowest BCUT2D eigenvalue weighted by atomic mass is 10.1. The molecule has 1 saturated heterocycles. The largest absolute Gasteiger partial charge is 0.478 e. The second-order valence-electron chi connectivity index (χ2n) is 4.15. The molecule has 1 aliphatic heterocycles. The van der Waals surface area contributed by atoms with Gasteiger partial charge in [0.2, 0.25) is 0 Å². The molecule has 0 amide bonds. The number of nitrogens with one attached hydrogen (secondary N) is 1. The lowest BCUT2D eigenvalue weighted by Gasteiger charge is -2.32. The minimum Gasteiger partial charge on any atom is -0.478 e. The summed E-state index contributed by atoms with van der Waals surface area (Å²) in [6.07, 6.45) is 0.932. The van der Waals surface area contributed by atoms with Gasteiger partial charge >= 0.3 is 5.97 Å². The number of nitrogens with zero attached hydrogens (tertiary/aromatic N) is 1. The van der Waals surface area contributed by atoms with Crippen LogP contribution in [0, 0.1) is 0 Å². The molecule has 2 N–H and O–H groups in total. The monoisotopic (exact) mass is 240 g/mol. The smallest absolute Gasteiger partial charge is 0.336 e. The number of carboxylic acid groups (broad SMARTS) is 1. The predicted molar refractivity (Wildman–Crippen MR) is 64.3 cm³/mol. The van der Waals surface area contributed by atoms with Crippen LogP contribution in [0.4, 0.5) is 0 Å². The molecule has 0 bridgehead atoms. The van der Waals surface area contributed by atoms with E-state index < -0.39 is 5.97 Å². The molecule has 4 nitrogen and oxygen atoms in total. The molecule has 1 fully saturated rings. The van der Waals surface area contributed by atoms with Gasteiger partial charge in [0, 0.05) is 35.9 Å². The summed E-state index contributed by atoms with van der Waals surface area (Å²) in [5.74, 6) is -0.836. The third-order valence-corrected chi connectivity index (χ3v) is 3.94. The average Bonchev–Trinajstić information content (AvgIpc) is 2.70. The van der Waals surface area contributed by atoms with Crippen LogP contribution < -0.4 is 5.32 Å². The molecular weight excluding hydrogens is 224 g/mol. The summed E-state index contributed by atoms with van der Waals surface area (Å²) in [6.45, 7) is 3.08. The molecule has 1 aromatic heterocycles. The molecule has 1 atom stereocenters. The van der Waals surface area contributed by atoms with Gasteiger partial charge in [-0.05, 0) is 19.5 Å². The Balaban J connectivity index is 1.99. The maximum atomic E-state index is 10.8. The molecule has 2 rings (SSSR count). The number of piperazine rings is 1. The van der Waals surface area contributed by atoms with E-state index in [-0.39, 0.29) is 0 Å². The van der Waals surface area contributed by atoms with Gasteiger partial charge in [0.25, 0.3) is 0 Å². The zero-order chi connectivity index (χ0) is 11.5. The molecular formula is C11H16N2O2S. The molecule has 5 heteroatoms. The minimum absolute atomic E-state index is 0.409. The molecule has 16 heavy (non-hydrogen) atoms. The van der Waals surface area contributed by atoms with Gasteiger partial charge in [0.1, 0.15) is 0 Å². The van der Waals surface area contributed by atoms with Crippen molar-refractivity contribution in [1.82, 2.24) is 10.2 Å². The normalized spacial score (nSPS) is 22.2. The number of carboxylic acids is 1. The number of hydrogen-bond donors (Lipinski definition) is 2. The summed E-state index contributed by atoms with van der Waals surface area (Å²) < 4.78 is 0. The quantitative estimate of drug-likeness (QED) is 0.824. The van der Waals surface area contributed by atoms with Crippen molar-refractivity contribution in [2.24, 2.45) is 0 Å². The molecule has 1 aromatic rings. The van der Waals surface area contributed by atoms with Crippen LogP contribution in [0.3, 0.4) is 0 Å². The Morgan fingerprint density at radius 2 is 2.56 bits per heavy atom. The highest BCUT2D eigenvalue weighted by molar-refractivity contribution is 7.10. The third-order valence-electron chi connectivity index (χ3n) is 2.98. The summed E-state index contributed by atoms with van der Waals surface area (Å²) in [7, 11) is 2.12. The number of hydrogen-bond acceptors (Lipinski definition) is 4. The van der Waals surface area contributed by atoms with Crippen LogP contribution in [0.2, 0.25) is 0 Å². The number of rotatable bonds is 3. The van der Waals surface area contributed by atoms with Crippen LogP contribution in [-0.4, -0.2) is 48.7 Å². The molecule has 2 heterocycles. The van der Waals surface area contributed by atoms with Gasteiger partial charge in [-0.2, -0.15) is 0 Å². The van der Waals surface area contributed by atoms with Crippen LogP contribution >= 0.6 is 11.3 Å². The molecule has 1 aliphatic rings. The fourth-order valence-electron chi connectivity index (χ4n) is 1.92. The zero-order valence-corrected chi connectivity index (χ0v) is 10.1. The van der Waals surface area contributed by atoms with Crippen molar-refractivity contribution >= 4 is 17.3 Å². The lowest BCUT2D eigenvalue weighted by molar-refractivity contribution is 0.0697. The van der Waals surface area contributed by atoms with Gasteiger partial charge in [-0.15, -0.1) is 11.3 Å². The highest BCUT2D eigenvalue weighted by Crippen LogP contribution is 2.18. The minimum atomic E-state index is -0.836. The Bertz CT molecular complexity index is 378. The Kier molecular flexibility index (Phi) is 3.58. The topological polar surface area (TPSA) is 52.6 Å². The Hall–Kier alpha value is -0.910. The van der Waals surface area contributed by atoms with Crippen LogP contribution in [-0.2, 0) is 6.42 Å². The van der Waals surface area contributed by atoms with E-state index in [1.165, 1.54) is 11.3 Å². The van der Waals surface area contributed by atoms with Gasteiger partial charge < -0.3 is 15.3 Å². The summed E-state index contributed by atoms with van der Waals surface area (Å²) in [5.41, 5.74) is 0.409. The molecule has 0 aliphatic carbocycles. The van der Waals surface area contributed by atoms with Crippen molar-refractivity contribution in [2.75, 3.05) is 26.7 Å². The molecule has 88 valence electrons. The van der Waals surface area contributed by atoms with Crippen molar-refractivity contribution in [3.05, 3.63) is 21.9 Å². The SMILES string of the molecule is CN1CCNCC1Cc1cc(C(=O)O)cs1. The highest BCUT2D eigenvalue weighted by Gasteiger charge is 2.19. The van der Waals surface area contributed by atoms with Gasteiger partial charge in [0.15, 0.2) is 0 Å². The molecule has 0 radical (unpaired) electrons. The summed E-state index contributed by atoms with van der Waals surface area (Å²) >= 11 is 1.54. The van der Waals surface area contributed by atoms with E-state index in [2.05, 4.69) is 17.3 Å². The van der Waals surface area contributed by atoms with Crippen molar-refractivity contribution in [2.45, 2.75) is 12.5 Å². The molecule has 1 unspecified atom stereocenters. The highest BCUT2D eigenvalue weighted by atomic mass is 32.1. The van der Waals surface area contributed by atoms with Crippen molar-refractivity contribution in [3.8, 4) is 0 Å². The van der Waals surface area contributed by atoms with E-state index in [0.717, 1.165) is 30.9 Å². The third kappa shape index (κ3) is 2.61. The van der Waals surface area contributed by atoms with Gasteiger partial charge in [-0.3, -0.25) is 0 Å². The van der Waals surface area contributed by atoms with Gasteiger partial charge in [-0.1, -0.05) is 0 Å². The molecule has 0 saturated carbocycles. The lowest BCUT2D eigenvalue weighted by Crippen LogP contribution is -2.50. The first kappa shape index (κ1) is 11.6. The second-order valence-corrected chi connectivity index (χ2v) is 5.15. The van der Waals surface area contributed by atoms with Crippen molar-refractivity contribution in [1.29, 1.82) is 0 Å². The number of likely N-dealkylation sites (N-methyl/N-ethyl adjacent to an activating group) is 1. The van der Waals surface area contributed by atoms with E-state index in [1.54, 1.807) is 11.4 Å². The number of thiophene rings is 1. The van der Waals surface area contributed by atoms with E-state index in [0.29, 0.717) is 11.6 Å². The number of carbonyl (C=O) groups is 1. The van der Waals surface area contributed by atoms with E-state index >= 15 is 0 Å². The van der Waals surface area contributed by atoms with Crippen molar-refractivity contribution < 1.29 is 9.90 Å². The maximum Gasteiger partial charge on any atom is 0.336 e. The number of aromatic carboxylic acids is 1. The maximum absolute atomic E-state index is 10.8. The van der Waals surface area contributed by atoms with Gasteiger partial charge in [-0.25, -0.2) is 4.79 Å². The van der Waals surface area contributed by atoms with E-state index in [9.17, 15) is 4.79 Å². The Morgan fingerprint density at radius 3 is 3.19 bits per heavy atom. The average molecular weight is 240 g/mol. The summed E-state index contributed by atoms with van der Waals surface area (Å²) in [6, 6.07) is 2.27. The summed E-state index contributed by atoms with van der Waals surface area (Å²) in [4.78, 5) is 14.2. The van der Waals surface area contributed by atoms with Crippen LogP contribution in [0.1, 0.15) is 15.2 Å². The zero-order valence-electron chi connectivity index (χ0n) is 9.27. The Labute approximate surface area is 98.9 Å². The van der Waals surface area contributed by atoms with Crippen LogP contribution in [0.5, 0.6) is 0 Å². The standard InChI is InChI=1S/C11H16N2O2S/c1-13-3-2-12-6-9(13)5-10-4-8(7-16-10)11(14)15/h4,7,9,12H,2-3,5-6H2,1H3,(H,14,15). The van der Waals surface area contributed by atoms with Crippen molar-refractivity contribution in [3.63, 3.8) is 0 Å².